The summed E-state index contributed by atoms with van der Waals surface area (Å²) in [6.45, 7) is 0.474. The highest BCUT2D eigenvalue weighted by Gasteiger charge is 2.36. The molecular weight excluding hydrogens is 278 g/mol. The number of carbonyl (C=O) groups excluding carboxylic acids is 1. The number of nitrogens with two attached hydrogens (primary N) is 1. The van der Waals surface area contributed by atoms with E-state index in [9.17, 15) is 13.2 Å². The number of rotatable bonds is 1. The Labute approximate surface area is 116 Å². The lowest BCUT2D eigenvalue weighted by Gasteiger charge is -2.29. The number of carbonyl (C=O) groups is 1. The van der Waals surface area contributed by atoms with Crippen molar-refractivity contribution in [2.75, 3.05) is 11.4 Å². The molecule has 0 saturated heterocycles. The minimum atomic E-state index is -3.95. The molecule has 2 aliphatic heterocycles. The van der Waals surface area contributed by atoms with Crippen LogP contribution in [0.25, 0.3) is 0 Å². The third-order valence-corrected chi connectivity index (χ3v) is 4.71. The number of nitrogens with zero attached hydrogens (tertiary/aromatic N) is 2. The zero-order valence-corrected chi connectivity index (χ0v) is 11.4. The van der Waals surface area contributed by atoms with Gasteiger partial charge in [0.05, 0.1) is 11.9 Å². The molecule has 2 aliphatic rings. The highest BCUT2D eigenvalue weighted by Crippen LogP contribution is 2.30. The van der Waals surface area contributed by atoms with E-state index in [1.807, 2.05) is 24.3 Å². The Morgan fingerprint density at radius 1 is 1.30 bits per heavy atom. The predicted octanol–water partition coefficient (Wildman–Crippen LogP) is 0.550. The molecule has 1 aromatic carbocycles. The highest BCUT2D eigenvalue weighted by molar-refractivity contribution is 7.95. The predicted molar refractivity (Wildman–Crippen MR) is 75.7 cm³/mol. The molecule has 2 N–H and O–H groups in total. The van der Waals surface area contributed by atoms with Gasteiger partial charge in [0.2, 0.25) is 0 Å². The van der Waals surface area contributed by atoms with Gasteiger partial charge < -0.3 is 10.6 Å². The molecule has 104 valence electrons. The number of fused-ring (bicyclic) bond motifs is 1. The molecule has 0 aromatic heterocycles. The van der Waals surface area contributed by atoms with Crippen LogP contribution in [0.15, 0.2) is 39.3 Å². The van der Waals surface area contributed by atoms with Crippen molar-refractivity contribution in [1.29, 1.82) is 0 Å². The molecule has 0 bridgehead atoms. The smallest absolute Gasteiger partial charge is 0.289 e. The molecule has 3 rings (SSSR count). The zero-order chi connectivity index (χ0) is 14.3. The van der Waals surface area contributed by atoms with Gasteiger partial charge in [-0.05, 0) is 24.5 Å². The van der Waals surface area contributed by atoms with Gasteiger partial charge >= 0.3 is 0 Å². The fourth-order valence-electron chi connectivity index (χ4n) is 2.49. The van der Waals surface area contributed by atoms with Gasteiger partial charge in [0.15, 0.2) is 4.91 Å². The number of aryl methyl sites for hydroxylation is 1. The Kier molecular flexibility index (Phi) is 2.86. The molecule has 1 aromatic rings. The summed E-state index contributed by atoms with van der Waals surface area (Å²) >= 11 is 0. The topological polar surface area (TPSA) is 92.8 Å². The first-order chi connectivity index (χ1) is 9.50. The summed E-state index contributed by atoms with van der Waals surface area (Å²) in [5, 5.41) is 0. The van der Waals surface area contributed by atoms with Gasteiger partial charge in [0.1, 0.15) is 0 Å². The minimum Gasteiger partial charge on any atom is -0.396 e. The second-order valence-electron chi connectivity index (χ2n) is 4.68. The number of benzene rings is 1. The Balaban J connectivity index is 2.04. The van der Waals surface area contributed by atoms with Crippen LogP contribution in [0.5, 0.6) is 0 Å². The molecule has 0 unspecified atom stereocenters. The average molecular weight is 291 g/mol. The number of hydrogen-bond donors (Lipinski definition) is 1. The van der Waals surface area contributed by atoms with Crippen LogP contribution in [-0.2, 0) is 21.2 Å². The first-order valence-electron chi connectivity index (χ1n) is 6.20. The fraction of sp³-hybridized carbons (Fsp3) is 0.231. The van der Waals surface area contributed by atoms with E-state index in [1.54, 1.807) is 0 Å². The van der Waals surface area contributed by atoms with Crippen LogP contribution in [0.1, 0.15) is 12.0 Å². The molecule has 0 atom stereocenters. The first kappa shape index (κ1) is 12.9. The average Bonchev–Trinajstić information content (AvgIpc) is 2.71. The second kappa shape index (κ2) is 4.45. The highest BCUT2D eigenvalue weighted by atomic mass is 32.2. The van der Waals surface area contributed by atoms with E-state index < -0.39 is 20.8 Å². The van der Waals surface area contributed by atoms with Crippen molar-refractivity contribution >= 4 is 27.8 Å². The number of anilines is 1. The molecular formula is C13H13N3O3S. The third kappa shape index (κ3) is 1.90. The van der Waals surface area contributed by atoms with Crippen LogP contribution < -0.4 is 10.6 Å². The largest absolute Gasteiger partial charge is 0.396 e. The van der Waals surface area contributed by atoms with Crippen LogP contribution in [0, 0.1) is 0 Å². The van der Waals surface area contributed by atoms with E-state index in [-0.39, 0.29) is 5.70 Å². The number of para-hydroxylation sites is 1. The van der Waals surface area contributed by atoms with Crippen molar-refractivity contribution in [3.8, 4) is 0 Å². The summed E-state index contributed by atoms with van der Waals surface area (Å²) in [7, 11) is -3.95. The standard InChI is InChI=1S/C13H13N3O3S/c14-10-8-15-20(18,19)12(10)13(17)16-7-3-5-9-4-1-2-6-11(9)16/h1-2,4,6,8H,3,5,7,14H2. The number of allylic oxidation sites excluding steroid dienone is 1. The molecule has 7 heteroatoms. The zero-order valence-electron chi connectivity index (χ0n) is 10.6. The maximum atomic E-state index is 12.5. The van der Waals surface area contributed by atoms with Crippen molar-refractivity contribution in [2.24, 2.45) is 10.1 Å². The number of sulfonamides is 1. The molecule has 2 heterocycles. The summed E-state index contributed by atoms with van der Waals surface area (Å²) in [6.07, 6.45) is 2.67. The third-order valence-electron chi connectivity index (χ3n) is 3.40. The van der Waals surface area contributed by atoms with Gasteiger partial charge in [0.25, 0.3) is 15.9 Å². The van der Waals surface area contributed by atoms with E-state index in [2.05, 4.69) is 4.40 Å². The van der Waals surface area contributed by atoms with Gasteiger partial charge in [0, 0.05) is 12.2 Å². The van der Waals surface area contributed by atoms with E-state index in [4.69, 9.17) is 5.73 Å². The van der Waals surface area contributed by atoms with Crippen LogP contribution in [-0.4, -0.2) is 27.1 Å². The van der Waals surface area contributed by atoms with Crippen molar-refractivity contribution in [3.05, 3.63) is 40.4 Å². The molecule has 0 aliphatic carbocycles. The SMILES string of the molecule is NC1=C(C(=O)N2CCCc3ccccc32)S(=O)(=O)N=C1. The number of amides is 1. The summed E-state index contributed by atoms with van der Waals surface area (Å²) in [6, 6.07) is 7.47. The van der Waals surface area contributed by atoms with Crippen LogP contribution in [0.4, 0.5) is 5.69 Å². The lowest BCUT2D eigenvalue weighted by atomic mass is 10.0. The monoisotopic (exact) mass is 291 g/mol. The normalized spacial score (nSPS) is 20.1. The summed E-state index contributed by atoms with van der Waals surface area (Å²) in [4.78, 5) is 13.6. The van der Waals surface area contributed by atoms with E-state index in [1.165, 1.54) is 4.90 Å². The number of hydrogen-bond acceptors (Lipinski definition) is 4. The Morgan fingerprint density at radius 2 is 2.05 bits per heavy atom. The molecule has 0 saturated carbocycles. The first-order valence-corrected chi connectivity index (χ1v) is 7.64. The van der Waals surface area contributed by atoms with E-state index >= 15 is 0 Å². The summed E-state index contributed by atoms with van der Waals surface area (Å²) in [5.74, 6) is -0.604. The van der Waals surface area contributed by atoms with Crippen molar-refractivity contribution in [1.82, 2.24) is 0 Å². The van der Waals surface area contributed by atoms with Crippen LogP contribution >= 0.6 is 0 Å². The maximum absolute atomic E-state index is 12.5. The van der Waals surface area contributed by atoms with Crippen LogP contribution in [0.3, 0.4) is 0 Å². The molecule has 1 amide bonds. The quantitative estimate of drug-likeness (QED) is 0.817. The molecule has 0 fully saturated rings. The second-order valence-corrected chi connectivity index (χ2v) is 6.25. The fourth-order valence-corrected chi connectivity index (χ4v) is 3.53. The van der Waals surface area contributed by atoms with Gasteiger partial charge in [-0.1, -0.05) is 18.2 Å². The van der Waals surface area contributed by atoms with Gasteiger partial charge in [-0.15, -0.1) is 0 Å². The van der Waals surface area contributed by atoms with Crippen molar-refractivity contribution < 1.29 is 13.2 Å². The summed E-state index contributed by atoms with van der Waals surface area (Å²) < 4.78 is 26.9. The molecule has 6 nitrogen and oxygen atoms in total. The molecule has 0 spiro atoms. The Hall–Kier alpha value is -2.15. The Bertz CT molecular complexity index is 750. The van der Waals surface area contributed by atoms with E-state index in [0.717, 1.165) is 30.3 Å². The Morgan fingerprint density at radius 3 is 2.75 bits per heavy atom. The van der Waals surface area contributed by atoms with E-state index in [0.29, 0.717) is 6.54 Å². The van der Waals surface area contributed by atoms with Gasteiger partial charge in [-0.3, -0.25) is 4.79 Å². The summed E-state index contributed by atoms with van der Waals surface area (Å²) in [5.41, 5.74) is 7.26. The van der Waals surface area contributed by atoms with Crippen LogP contribution in [0.2, 0.25) is 0 Å². The lowest BCUT2D eigenvalue weighted by Crippen LogP contribution is -2.38. The lowest BCUT2D eigenvalue weighted by molar-refractivity contribution is -0.114. The van der Waals surface area contributed by atoms with Crippen molar-refractivity contribution in [3.63, 3.8) is 0 Å². The maximum Gasteiger partial charge on any atom is 0.289 e. The van der Waals surface area contributed by atoms with Gasteiger partial charge in [-0.2, -0.15) is 12.8 Å². The molecule has 0 radical (unpaired) electrons. The van der Waals surface area contributed by atoms with Gasteiger partial charge in [-0.25, -0.2) is 0 Å². The minimum absolute atomic E-state index is 0.0990. The van der Waals surface area contributed by atoms with Crippen molar-refractivity contribution in [2.45, 2.75) is 12.8 Å². The molecule has 20 heavy (non-hydrogen) atoms.